The molecule has 1 aromatic heterocycles. The average molecular weight is 329 g/mol. The van der Waals surface area contributed by atoms with E-state index in [0.29, 0.717) is 12.8 Å². The molecule has 0 unspecified atom stereocenters. The molecule has 24 heavy (non-hydrogen) atoms. The molecule has 2 rings (SSSR count). The van der Waals surface area contributed by atoms with Gasteiger partial charge in [0.2, 0.25) is 5.91 Å². The van der Waals surface area contributed by atoms with Crippen LogP contribution in [-0.2, 0) is 11.2 Å². The van der Waals surface area contributed by atoms with E-state index in [0.717, 1.165) is 41.4 Å². The van der Waals surface area contributed by atoms with Gasteiger partial charge < -0.3 is 14.7 Å². The van der Waals surface area contributed by atoms with Gasteiger partial charge in [-0.3, -0.25) is 4.79 Å². The molecule has 0 fully saturated rings. The fourth-order valence-electron chi connectivity index (χ4n) is 2.88. The minimum atomic E-state index is 0.00805. The van der Waals surface area contributed by atoms with Crippen molar-refractivity contribution in [1.82, 2.24) is 5.16 Å². The van der Waals surface area contributed by atoms with Crippen molar-refractivity contribution in [3.8, 4) is 0 Å². The van der Waals surface area contributed by atoms with E-state index in [9.17, 15) is 4.79 Å². The predicted molar refractivity (Wildman–Crippen MR) is 97.7 cm³/mol. The Morgan fingerprint density at radius 2 is 1.92 bits per heavy atom. The second kappa shape index (κ2) is 7.99. The Balaban J connectivity index is 1.99. The lowest BCUT2D eigenvalue weighted by molar-refractivity contribution is -0.116. The summed E-state index contributed by atoms with van der Waals surface area (Å²) in [6, 6.07) is 6.16. The van der Waals surface area contributed by atoms with Gasteiger partial charge in [-0.25, -0.2) is 0 Å². The van der Waals surface area contributed by atoms with E-state index in [2.05, 4.69) is 41.4 Å². The molecule has 1 N–H and O–H groups in total. The van der Waals surface area contributed by atoms with Gasteiger partial charge >= 0.3 is 0 Å². The van der Waals surface area contributed by atoms with Gasteiger partial charge in [-0.15, -0.1) is 0 Å². The van der Waals surface area contributed by atoms with Crippen LogP contribution >= 0.6 is 0 Å². The van der Waals surface area contributed by atoms with E-state index in [1.807, 2.05) is 26.8 Å². The summed E-state index contributed by atoms with van der Waals surface area (Å²) in [5.41, 5.74) is 5.02. The van der Waals surface area contributed by atoms with Crippen molar-refractivity contribution in [1.29, 1.82) is 0 Å². The van der Waals surface area contributed by atoms with Gasteiger partial charge in [0, 0.05) is 36.4 Å². The molecule has 1 amide bonds. The first-order valence-electron chi connectivity index (χ1n) is 8.53. The highest BCUT2D eigenvalue weighted by Crippen LogP contribution is 2.23. The average Bonchev–Trinajstić information content (AvgIpc) is 2.87. The molecule has 0 bridgehead atoms. The molecule has 130 valence electrons. The van der Waals surface area contributed by atoms with E-state index >= 15 is 0 Å². The Labute approximate surface area is 144 Å². The first-order chi connectivity index (χ1) is 11.5. The van der Waals surface area contributed by atoms with E-state index < -0.39 is 0 Å². The summed E-state index contributed by atoms with van der Waals surface area (Å²) in [6.45, 7) is 12.0. The number of carbonyl (C=O) groups excluding carboxylic acids is 1. The summed E-state index contributed by atoms with van der Waals surface area (Å²) in [5.74, 6) is 0.800. The molecule has 1 heterocycles. The Morgan fingerprint density at radius 3 is 2.46 bits per heavy atom. The summed E-state index contributed by atoms with van der Waals surface area (Å²) in [6.07, 6.45) is 1.06. The van der Waals surface area contributed by atoms with Crippen molar-refractivity contribution >= 4 is 17.3 Å². The number of aryl methyl sites for hydroxylation is 3. The lowest BCUT2D eigenvalue weighted by atomic mass is 10.1. The maximum absolute atomic E-state index is 12.2. The van der Waals surface area contributed by atoms with Crippen molar-refractivity contribution in [2.24, 2.45) is 0 Å². The summed E-state index contributed by atoms with van der Waals surface area (Å²) >= 11 is 0. The molecule has 0 radical (unpaired) electrons. The second-order valence-electron chi connectivity index (χ2n) is 6.02. The van der Waals surface area contributed by atoms with Gasteiger partial charge in [-0.2, -0.15) is 0 Å². The SMILES string of the molecule is CCN(CC)c1ccc(NC(=O)CCc2c(C)noc2C)c(C)c1. The maximum atomic E-state index is 12.2. The van der Waals surface area contributed by atoms with Crippen LogP contribution < -0.4 is 10.2 Å². The summed E-state index contributed by atoms with van der Waals surface area (Å²) < 4.78 is 5.14. The van der Waals surface area contributed by atoms with Gasteiger partial charge in [0.15, 0.2) is 0 Å². The number of aromatic nitrogens is 1. The minimum absolute atomic E-state index is 0.00805. The number of nitrogens with one attached hydrogen (secondary N) is 1. The second-order valence-corrected chi connectivity index (χ2v) is 6.02. The normalized spacial score (nSPS) is 10.7. The molecule has 0 saturated heterocycles. The third-order valence-corrected chi connectivity index (χ3v) is 4.40. The molecular weight excluding hydrogens is 302 g/mol. The molecule has 0 aliphatic heterocycles. The molecule has 0 aliphatic rings. The van der Waals surface area contributed by atoms with Crippen molar-refractivity contribution in [2.45, 2.75) is 47.5 Å². The van der Waals surface area contributed by atoms with Crippen molar-refractivity contribution in [2.75, 3.05) is 23.3 Å². The zero-order valence-corrected chi connectivity index (χ0v) is 15.3. The van der Waals surface area contributed by atoms with Gasteiger partial charge in [-0.05, 0) is 64.8 Å². The van der Waals surface area contributed by atoms with Crippen LogP contribution in [0.1, 0.15) is 42.8 Å². The third kappa shape index (κ3) is 4.16. The number of carbonyl (C=O) groups is 1. The highest BCUT2D eigenvalue weighted by Gasteiger charge is 2.12. The summed E-state index contributed by atoms with van der Waals surface area (Å²) in [7, 11) is 0. The predicted octanol–water partition coefficient (Wildman–Crippen LogP) is 4.02. The van der Waals surface area contributed by atoms with Crippen LogP contribution in [0.25, 0.3) is 0 Å². The van der Waals surface area contributed by atoms with E-state index in [1.165, 1.54) is 5.69 Å². The first-order valence-corrected chi connectivity index (χ1v) is 8.53. The molecule has 5 heteroatoms. The fraction of sp³-hybridized carbons (Fsp3) is 0.474. The number of anilines is 2. The third-order valence-electron chi connectivity index (χ3n) is 4.40. The maximum Gasteiger partial charge on any atom is 0.224 e. The molecule has 0 saturated carbocycles. The van der Waals surface area contributed by atoms with Crippen LogP contribution in [0.15, 0.2) is 22.7 Å². The minimum Gasteiger partial charge on any atom is -0.372 e. The van der Waals surface area contributed by atoms with Crippen LogP contribution in [0.2, 0.25) is 0 Å². The zero-order valence-electron chi connectivity index (χ0n) is 15.3. The quantitative estimate of drug-likeness (QED) is 0.833. The fourth-order valence-corrected chi connectivity index (χ4v) is 2.88. The van der Waals surface area contributed by atoms with Crippen molar-refractivity contribution in [3.05, 3.63) is 40.8 Å². The monoisotopic (exact) mass is 329 g/mol. The molecule has 5 nitrogen and oxygen atoms in total. The van der Waals surface area contributed by atoms with Gasteiger partial charge in [0.05, 0.1) is 5.69 Å². The molecule has 0 aliphatic carbocycles. The highest BCUT2D eigenvalue weighted by atomic mass is 16.5. The first kappa shape index (κ1) is 18.0. The van der Waals surface area contributed by atoms with Gasteiger partial charge in [0.1, 0.15) is 5.76 Å². The van der Waals surface area contributed by atoms with Crippen LogP contribution in [0.4, 0.5) is 11.4 Å². The molecule has 2 aromatic rings. The van der Waals surface area contributed by atoms with Crippen LogP contribution in [0, 0.1) is 20.8 Å². The Morgan fingerprint density at radius 1 is 1.21 bits per heavy atom. The zero-order chi connectivity index (χ0) is 17.7. The Kier molecular flexibility index (Phi) is 6.01. The van der Waals surface area contributed by atoms with Gasteiger partial charge in [0.25, 0.3) is 0 Å². The van der Waals surface area contributed by atoms with Crippen molar-refractivity contribution < 1.29 is 9.32 Å². The Bertz CT molecular complexity index is 683. The lowest BCUT2D eigenvalue weighted by Crippen LogP contribution is -2.22. The Hall–Kier alpha value is -2.30. The number of nitrogens with zero attached hydrogens (tertiary/aromatic N) is 2. The number of rotatable bonds is 7. The molecular formula is C19H27N3O2. The van der Waals surface area contributed by atoms with Crippen LogP contribution in [-0.4, -0.2) is 24.2 Å². The molecule has 0 spiro atoms. The van der Waals surface area contributed by atoms with Crippen LogP contribution in [0.3, 0.4) is 0 Å². The highest BCUT2D eigenvalue weighted by molar-refractivity contribution is 5.91. The van der Waals surface area contributed by atoms with E-state index in [1.54, 1.807) is 0 Å². The number of hydrogen-bond acceptors (Lipinski definition) is 4. The summed E-state index contributed by atoms with van der Waals surface area (Å²) in [5, 5.41) is 6.93. The topological polar surface area (TPSA) is 58.4 Å². The van der Waals surface area contributed by atoms with Crippen LogP contribution in [0.5, 0.6) is 0 Å². The number of benzene rings is 1. The smallest absolute Gasteiger partial charge is 0.224 e. The van der Waals surface area contributed by atoms with E-state index in [-0.39, 0.29) is 5.91 Å². The van der Waals surface area contributed by atoms with E-state index in [4.69, 9.17) is 4.52 Å². The van der Waals surface area contributed by atoms with Crippen molar-refractivity contribution in [3.63, 3.8) is 0 Å². The lowest BCUT2D eigenvalue weighted by Gasteiger charge is -2.22. The number of hydrogen-bond donors (Lipinski definition) is 1. The molecule has 0 atom stereocenters. The number of amides is 1. The largest absolute Gasteiger partial charge is 0.372 e. The van der Waals surface area contributed by atoms with Gasteiger partial charge in [-0.1, -0.05) is 5.16 Å². The standard InChI is InChI=1S/C19H27N3O2/c1-6-22(7-2)16-8-10-18(13(3)12-16)20-19(23)11-9-17-14(4)21-24-15(17)5/h8,10,12H,6-7,9,11H2,1-5H3,(H,20,23). The molecule has 1 aromatic carbocycles. The summed E-state index contributed by atoms with van der Waals surface area (Å²) in [4.78, 5) is 14.5.